The molecule has 12 heteroatoms. The number of carbonyl (C=O) groups is 1. The third kappa shape index (κ3) is 9.90. The molecule has 0 radical (unpaired) electrons. The highest BCUT2D eigenvalue weighted by Gasteiger charge is 2.18. The van der Waals surface area contributed by atoms with Gasteiger partial charge in [0.25, 0.3) is 0 Å². The van der Waals surface area contributed by atoms with Gasteiger partial charge in [-0.3, -0.25) is 15.1 Å². The van der Waals surface area contributed by atoms with Crippen LogP contribution >= 0.6 is 22.7 Å². The van der Waals surface area contributed by atoms with E-state index in [1.807, 2.05) is 31.5 Å². The highest BCUT2D eigenvalue weighted by Crippen LogP contribution is 2.18. The third-order valence-corrected chi connectivity index (χ3v) is 6.24. The Labute approximate surface area is 203 Å². The van der Waals surface area contributed by atoms with Crippen molar-refractivity contribution in [2.24, 2.45) is 0 Å². The molecule has 0 aromatic carbocycles. The van der Waals surface area contributed by atoms with Crippen LogP contribution in [-0.4, -0.2) is 84.1 Å². The van der Waals surface area contributed by atoms with Crippen LogP contribution in [0.3, 0.4) is 0 Å². The van der Waals surface area contributed by atoms with Crippen LogP contribution in [0.15, 0.2) is 10.8 Å². The van der Waals surface area contributed by atoms with Crippen LogP contribution in [0.2, 0.25) is 0 Å². The number of nitrogens with one attached hydrogen (secondary N) is 1. The average Bonchev–Trinajstić information content (AvgIpc) is 3.37. The number of nitrogens with zero attached hydrogens (tertiary/aromatic N) is 4. The van der Waals surface area contributed by atoms with Crippen LogP contribution in [0.25, 0.3) is 0 Å². The minimum absolute atomic E-state index is 0.468. The fourth-order valence-corrected chi connectivity index (χ4v) is 4.44. The number of nitrogens with two attached hydrogens (primary N) is 1. The fraction of sp³-hybridized carbons (Fsp3) is 0.667. The summed E-state index contributed by atoms with van der Waals surface area (Å²) in [7, 11) is 0. The summed E-state index contributed by atoms with van der Waals surface area (Å²) in [6.07, 6.45) is -0.468. The van der Waals surface area contributed by atoms with Gasteiger partial charge in [-0.25, -0.2) is 14.8 Å². The standard InChI is InChI=1S/C13H21N3O3S.C8H13N3OS/c1-13(2,3)19-12(17)15-11-14-10(9-20-11)8-16-4-6-18-7-5-16;9-8-10-7(6-13-8)5-11-1-3-12-4-2-11/h9H,4-8H2,1-3H3,(H,14,15,17);6H,1-5H2,(H2,9,10). The second kappa shape index (κ2) is 12.6. The SMILES string of the molecule is CC(C)(C)OC(=O)Nc1nc(CN2CCOCC2)cs1.Nc1nc(CN2CCOCC2)cs1. The number of hydrogen-bond acceptors (Lipinski definition) is 11. The van der Waals surface area contributed by atoms with Crippen molar-refractivity contribution in [2.75, 3.05) is 63.7 Å². The maximum Gasteiger partial charge on any atom is 0.413 e. The molecule has 2 aromatic rings. The van der Waals surface area contributed by atoms with Gasteiger partial charge in [0.15, 0.2) is 10.3 Å². The van der Waals surface area contributed by atoms with E-state index in [0.29, 0.717) is 10.3 Å². The van der Waals surface area contributed by atoms with Gasteiger partial charge in [-0.2, -0.15) is 0 Å². The molecule has 2 aliphatic rings. The summed E-state index contributed by atoms with van der Waals surface area (Å²) in [5.41, 5.74) is 7.08. The van der Waals surface area contributed by atoms with Gasteiger partial charge < -0.3 is 19.9 Å². The molecular formula is C21H34N6O4S2. The largest absolute Gasteiger partial charge is 0.444 e. The monoisotopic (exact) mass is 498 g/mol. The lowest BCUT2D eigenvalue weighted by molar-refractivity contribution is 0.0336. The van der Waals surface area contributed by atoms with E-state index in [1.54, 1.807) is 0 Å². The lowest BCUT2D eigenvalue weighted by Crippen LogP contribution is -2.35. The van der Waals surface area contributed by atoms with E-state index in [1.165, 1.54) is 22.7 Å². The van der Waals surface area contributed by atoms with Crippen molar-refractivity contribution >= 4 is 39.0 Å². The minimum Gasteiger partial charge on any atom is -0.444 e. The number of thiazole rings is 2. The Balaban J connectivity index is 0.000000203. The van der Waals surface area contributed by atoms with Crippen molar-refractivity contribution in [2.45, 2.75) is 39.5 Å². The first-order valence-corrected chi connectivity index (χ1v) is 12.8. The van der Waals surface area contributed by atoms with E-state index in [-0.39, 0.29) is 0 Å². The molecule has 184 valence electrons. The van der Waals surface area contributed by atoms with E-state index in [4.69, 9.17) is 19.9 Å². The van der Waals surface area contributed by atoms with E-state index < -0.39 is 11.7 Å². The topological polar surface area (TPSA) is 115 Å². The molecule has 0 atom stereocenters. The minimum atomic E-state index is -0.502. The summed E-state index contributed by atoms with van der Waals surface area (Å²) in [6, 6.07) is 0. The Morgan fingerprint density at radius 1 is 1.00 bits per heavy atom. The molecule has 33 heavy (non-hydrogen) atoms. The lowest BCUT2D eigenvalue weighted by Gasteiger charge is -2.25. The number of anilines is 2. The van der Waals surface area contributed by atoms with Gasteiger partial charge in [-0.15, -0.1) is 22.7 Å². The summed E-state index contributed by atoms with van der Waals surface area (Å²) < 4.78 is 15.8. The number of hydrogen-bond donors (Lipinski definition) is 2. The predicted octanol–water partition coefficient (Wildman–Crippen LogP) is 2.88. The number of amides is 1. The van der Waals surface area contributed by atoms with E-state index >= 15 is 0 Å². The van der Waals surface area contributed by atoms with Crippen molar-refractivity contribution in [3.8, 4) is 0 Å². The van der Waals surface area contributed by atoms with Crippen LogP contribution in [0.1, 0.15) is 32.2 Å². The van der Waals surface area contributed by atoms with Crippen molar-refractivity contribution in [3.05, 3.63) is 22.1 Å². The van der Waals surface area contributed by atoms with Crippen LogP contribution in [0.5, 0.6) is 0 Å². The molecule has 0 aliphatic carbocycles. The van der Waals surface area contributed by atoms with Crippen molar-refractivity contribution in [1.29, 1.82) is 0 Å². The zero-order valence-corrected chi connectivity index (χ0v) is 21.2. The molecule has 2 aliphatic heterocycles. The molecule has 0 unspecified atom stereocenters. The molecule has 1 amide bonds. The number of ether oxygens (including phenoxy) is 3. The Morgan fingerprint density at radius 3 is 2.00 bits per heavy atom. The molecule has 2 saturated heterocycles. The maximum absolute atomic E-state index is 11.6. The van der Waals surface area contributed by atoms with Gasteiger partial charge >= 0.3 is 6.09 Å². The Hall–Kier alpha value is -1.83. The van der Waals surface area contributed by atoms with E-state index in [2.05, 4.69) is 25.1 Å². The van der Waals surface area contributed by atoms with Gasteiger partial charge in [0, 0.05) is 50.0 Å². The average molecular weight is 499 g/mol. The maximum atomic E-state index is 11.6. The second-order valence-electron chi connectivity index (χ2n) is 8.73. The first-order chi connectivity index (χ1) is 15.8. The van der Waals surface area contributed by atoms with Crippen LogP contribution in [-0.2, 0) is 27.3 Å². The lowest BCUT2D eigenvalue weighted by atomic mass is 10.2. The summed E-state index contributed by atoms with van der Waals surface area (Å²) in [5.74, 6) is 0. The second-order valence-corrected chi connectivity index (χ2v) is 10.5. The summed E-state index contributed by atoms with van der Waals surface area (Å²) in [5, 5.41) is 7.87. The van der Waals surface area contributed by atoms with Crippen LogP contribution in [0, 0.1) is 0 Å². The number of rotatable bonds is 5. The molecular weight excluding hydrogens is 464 g/mol. The van der Waals surface area contributed by atoms with Crippen molar-refractivity contribution < 1.29 is 19.0 Å². The molecule has 2 aromatic heterocycles. The van der Waals surface area contributed by atoms with Gasteiger partial charge in [-0.1, -0.05) is 0 Å². The summed E-state index contributed by atoms with van der Waals surface area (Å²) >= 11 is 2.91. The molecule has 4 rings (SSSR count). The molecule has 0 spiro atoms. The highest BCUT2D eigenvalue weighted by atomic mass is 32.1. The predicted molar refractivity (Wildman–Crippen MR) is 131 cm³/mol. The highest BCUT2D eigenvalue weighted by molar-refractivity contribution is 7.14. The first-order valence-electron chi connectivity index (χ1n) is 11.0. The van der Waals surface area contributed by atoms with Crippen molar-refractivity contribution in [3.63, 3.8) is 0 Å². The quantitative estimate of drug-likeness (QED) is 0.642. The third-order valence-electron chi connectivity index (χ3n) is 4.71. The van der Waals surface area contributed by atoms with Crippen LogP contribution in [0.4, 0.5) is 15.1 Å². The summed E-state index contributed by atoms with van der Waals surface area (Å²) in [4.78, 5) is 24.9. The zero-order chi connectivity index (χ0) is 23.7. The Kier molecular flexibility index (Phi) is 9.83. The number of morpholine rings is 2. The van der Waals surface area contributed by atoms with E-state index in [9.17, 15) is 4.79 Å². The number of aromatic nitrogens is 2. The molecule has 2 fully saturated rings. The normalized spacial score (nSPS) is 17.8. The van der Waals surface area contributed by atoms with Gasteiger partial charge in [0.05, 0.1) is 37.8 Å². The molecule has 10 nitrogen and oxygen atoms in total. The van der Waals surface area contributed by atoms with Crippen molar-refractivity contribution in [1.82, 2.24) is 19.8 Å². The van der Waals surface area contributed by atoms with Gasteiger partial charge in [0.2, 0.25) is 0 Å². The van der Waals surface area contributed by atoms with Gasteiger partial charge in [-0.05, 0) is 20.8 Å². The van der Waals surface area contributed by atoms with E-state index in [0.717, 1.165) is 77.1 Å². The summed E-state index contributed by atoms with van der Waals surface area (Å²) in [6.45, 7) is 14.2. The molecule has 0 saturated carbocycles. The first kappa shape index (κ1) is 25.8. The Bertz CT molecular complexity index is 857. The molecule has 3 N–H and O–H groups in total. The zero-order valence-electron chi connectivity index (χ0n) is 19.5. The smallest absolute Gasteiger partial charge is 0.413 e. The van der Waals surface area contributed by atoms with Gasteiger partial charge in [0.1, 0.15) is 5.60 Å². The fourth-order valence-electron chi connectivity index (χ4n) is 3.20. The van der Waals surface area contributed by atoms with Crippen LogP contribution < -0.4 is 11.1 Å². The Morgan fingerprint density at radius 2 is 1.52 bits per heavy atom. The molecule has 0 bridgehead atoms. The molecule has 4 heterocycles. The number of carbonyl (C=O) groups excluding carboxylic acids is 1. The number of nitrogen functional groups attached to an aromatic ring is 1.